The molecule has 104 valence electrons. The summed E-state index contributed by atoms with van der Waals surface area (Å²) in [5, 5.41) is 4.86. The van der Waals surface area contributed by atoms with Crippen molar-refractivity contribution < 1.29 is 14.0 Å². The van der Waals surface area contributed by atoms with Crippen LogP contribution < -0.4 is 16.4 Å². The van der Waals surface area contributed by atoms with Gasteiger partial charge in [0.1, 0.15) is 23.4 Å². The van der Waals surface area contributed by atoms with Crippen molar-refractivity contribution >= 4 is 18.1 Å². The van der Waals surface area contributed by atoms with Gasteiger partial charge in [-0.1, -0.05) is 0 Å². The molecule has 7 nitrogen and oxygen atoms in total. The number of likely N-dealkylation sites (N-methyl/N-ethyl adjacent to an activating group) is 1. The van der Waals surface area contributed by atoms with Crippen molar-refractivity contribution in [3.8, 4) is 11.3 Å². The Morgan fingerprint density at radius 3 is 2.80 bits per heavy atom. The highest BCUT2D eigenvalue weighted by Crippen LogP contribution is 2.25. The maximum Gasteiger partial charge on any atom is 0.251 e. The zero-order valence-electron chi connectivity index (χ0n) is 10.8. The van der Waals surface area contributed by atoms with Crippen LogP contribution in [0.5, 0.6) is 0 Å². The molecule has 0 fully saturated rings. The van der Waals surface area contributed by atoms with Crippen molar-refractivity contribution in [2.24, 2.45) is 0 Å². The molecule has 1 unspecified atom stereocenters. The van der Waals surface area contributed by atoms with Gasteiger partial charge in [0.05, 0.1) is 0 Å². The van der Waals surface area contributed by atoms with E-state index in [-0.39, 0.29) is 0 Å². The summed E-state index contributed by atoms with van der Waals surface area (Å²) in [6.45, 7) is 0. The van der Waals surface area contributed by atoms with Gasteiger partial charge < -0.3 is 15.5 Å². The van der Waals surface area contributed by atoms with Crippen LogP contribution in [0, 0.1) is 0 Å². The fourth-order valence-corrected chi connectivity index (χ4v) is 1.76. The van der Waals surface area contributed by atoms with Gasteiger partial charge in [0.15, 0.2) is 0 Å². The van der Waals surface area contributed by atoms with Gasteiger partial charge in [0.2, 0.25) is 6.41 Å². The SMILES string of the molecule is CNC(C(=O)NC=O)c1ccc(-c2ccc(N)nc2)o1. The number of furan rings is 1. The zero-order chi connectivity index (χ0) is 14.5. The van der Waals surface area contributed by atoms with Crippen LogP contribution in [0.2, 0.25) is 0 Å². The van der Waals surface area contributed by atoms with E-state index in [2.05, 4.69) is 15.6 Å². The minimum absolute atomic E-state index is 0.334. The lowest BCUT2D eigenvalue weighted by molar-refractivity contribution is -0.127. The number of nitrogens with two attached hydrogens (primary N) is 1. The lowest BCUT2D eigenvalue weighted by Crippen LogP contribution is -2.34. The van der Waals surface area contributed by atoms with Crippen molar-refractivity contribution in [3.05, 3.63) is 36.2 Å². The molecular weight excluding hydrogens is 260 g/mol. The first-order valence-corrected chi connectivity index (χ1v) is 5.88. The molecule has 0 bridgehead atoms. The fourth-order valence-electron chi connectivity index (χ4n) is 1.76. The monoisotopic (exact) mass is 274 g/mol. The van der Waals surface area contributed by atoms with E-state index in [1.165, 1.54) is 0 Å². The molecule has 0 spiro atoms. The first kappa shape index (κ1) is 13.8. The molecule has 7 heteroatoms. The third-order valence-corrected chi connectivity index (χ3v) is 2.73. The molecule has 1 atom stereocenters. The second kappa shape index (κ2) is 5.98. The topological polar surface area (TPSA) is 110 Å². The van der Waals surface area contributed by atoms with Crippen LogP contribution in [-0.4, -0.2) is 24.3 Å². The highest BCUT2D eigenvalue weighted by atomic mass is 16.3. The predicted molar refractivity (Wildman–Crippen MR) is 72.4 cm³/mol. The summed E-state index contributed by atoms with van der Waals surface area (Å²) in [6.07, 6.45) is 1.91. The van der Waals surface area contributed by atoms with E-state index in [1.54, 1.807) is 37.5 Å². The van der Waals surface area contributed by atoms with Crippen LogP contribution in [-0.2, 0) is 9.59 Å². The smallest absolute Gasteiger partial charge is 0.251 e. The number of imide groups is 1. The number of hydrogen-bond acceptors (Lipinski definition) is 6. The summed E-state index contributed by atoms with van der Waals surface area (Å²) in [4.78, 5) is 26.0. The summed E-state index contributed by atoms with van der Waals surface area (Å²) in [5.74, 6) is 0.892. The molecule has 0 aliphatic heterocycles. The van der Waals surface area contributed by atoms with Gasteiger partial charge in [-0.2, -0.15) is 0 Å². The highest BCUT2D eigenvalue weighted by Gasteiger charge is 2.22. The number of pyridine rings is 1. The summed E-state index contributed by atoms with van der Waals surface area (Å²) in [6, 6.07) is 6.07. The first-order valence-electron chi connectivity index (χ1n) is 5.88. The molecule has 4 N–H and O–H groups in total. The molecule has 2 amide bonds. The number of nitrogen functional groups attached to an aromatic ring is 1. The average molecular weight is 274 g/mol. The van der Waals surface area contributed by atoms with Crippen molar-refractivity contribution in [2.75, 3.05) is 12.8 Å². The van der Waals surface area contributed by atoms with Crippen LogP contribution in [0.4, 0.5) is 5.82 Å². The van der Waals surface area contributed by atoms with E-state index in [0.29, 0.717) is 23.7 Å². The minimum atomic E-state index is -0.740. The molecule has 0 saturated heterocycles. The number of carbonyl (C=O) groups is 2. The molecule has 0 radical (unpaired) electrons. The molecular formula is C13H14N4O3. The van der Waals surface area contributed by atoms with Crippen molar-refractivity contribution in [1.82, 2.24) is 15.6 Å². The number of anilines is 1. The molecule has 2 heterocycles. The van der Waals surface area contributed by atoms with Crippen molar-refractivity contribution in [1.29, 1.82) is 0 Å². The number of hydrogen-bond donors (Lipinski definition) is 3. The number of nitrogens with zero attached hydrogens (tertiary/aromatic N) is 1. The summed E-state index contributed by atoms with van der Waals surface area (Å²) in [5.41, 5.74) is 6.26. The second-order valence-corrected chi connectivity index (χ2v) is 4.02. The maximum absolute atomic E-state index is 11.7. The molecule has 0 aromatic carbocycles. The molecule has 2 rings (SSSR count). The molecule has 20 heavy (non-hydrogen) atoms. The Bertz CT molecular complexity index is 606. The zero-order valence-corrected chi connectivity index (χ0v) is 10.8. The van der Waals surface area contributed by atoms with E-state index in [9.17, 15) is 9.59 Å². The van der Waals surface area contributed by atoms with Gasteiger partial charge in [-0.05, 0) is 31.3 Å². The Labute approximate surface area is 115 Å². The van der Waals surface area contributed by atoms with E-state index in [1.807, 2.05) is 0 Å². The number of amides is 2. The third kappa shape index (κ3) is 2.83. The number of carbonyl (C=O) groups excluding carboxylic acids is 2. The first-order chi connectivity index (χ1) is 9.65. The van der Waals surface area contributed by atoms with Crippen molar-refractivity contribution in [3.63, 3.8) is 0 Å². The Kier molecular flexibility index (Phi) is 4.11. The molecule has 2 aromatic rings. The Morgan fingerprint density at radius 1 is 1.40 bits per heavy atom. The van der Waals surface area contributed by atoms with E-state index >= 15 is 0 Å². The van der Waals surface area contributed by atoms with Crippen LogP contribution in [0.15, 0.2) is 34.9 Å². The van der Waals surface area contributed by atoms with Gasteiger partial charge in [0, 0.05) is 11.8 Å². The normalized spacial score (nSPS) is 11.8. The number of aromatic nitrogens is 1. The molecule has 0 aliphatic carbocycles. The lowest BCUT2D eigenvalue weighted by Gasteiger charge is -2.10. The maximum atomic E-state index is 11.7. The lowest BCUT2D eigenvalue weighted by atomic mass is 10.2. The molecule has 0 aliphatic rings. The average Bonchev–Trinajstić information content (AvgIpc) is 2.90. The highest BCUT2D eigenvalue weighted by molar-refractivity contribution is 5.90. The second-order valence-electron chi connectivity index (χ2n) is 4.02. The fraction of sp³-hybridized carbons (Fsp3) is 0.154. The Morgan fingerprint density at radius 2 is 2.20 bits per heavy atom. The van der Waals surface area contributed by atoms with Gasteiger partial charge in [-0.15, -0.1) is 0 Å². The number of rotatable bonds is 5. The third-order valence-electron chi connectivity index (χ3n) is 2.73. The van der Waals surface area contributed by atoms with Crippen LogP contribution in [0.1, 0.15) is 11.8 Å². The Hall–Kier alpha value is -2.67. The Balaban J connectivity index is 2.25. The van der Waals surface area contributed by atoms with Gasteiger partial charge in [-0.3, -0.25) is 14.9 Å². The van der Waals surface area contributed by atoms with E-state index < -0.39 is 11.9 Å². The molecule has 0 saturated carbocycles. The van der Waals surface area contributed by atoms with Gasteiger partial charge in [0.25, 0.3) is 5.91 Å². The van der Waals surface area contributed by atoms with Crippen LogP contribution in [0.3, 0.4) is 0 Å². The van der Waals surface area contributed by atoms with E-state index in [4.69, 9.17) is 10.2 Å². The van der Waals surface area contributed by atoms with E-state index in [0.717, 1.165) is 5.56 Å². The summed E-state index contributed by atoms with van der Waals surface area (Å²) < 4.78 is 5.61. The van der Waals surface area contributed by atoms with Crippen LogP contribution in [0.25, 0.3) is 11.3 Å². The quantitative estimate of drug-likeness (QED) is 0.683. The predicted octanol–water partition coefficient (Wildman–Crippen LogP) is 0.457. The van der Waals surface area contributed by atoms with Gasteiger partial charge in [-0.25, -0.2) is 4.98 Å². The summed E-state index contributed by atoms with van der Waals surface area (Å²) in [7, 11) is 1.60. The standard InChI is InChI=1S/C13H14N4O3/c1-15-12(13(19)17-7-18)10-4-3-9(20-10)8-2-5-11(14)16-6-8/h2-7,12,15H,1H3,(H2,14,16)(H,17,18,19). The minimum Gasteiger partial charge on any atom is -0.459 e. The molecule has 2 aromatic heterocycles. The van der Waals surface area contributed by atoms with Crippen molar-refractivity contribution in [2.45, 2.75) is 6.04 Å². The van der Waals surface area contributed by atoms with Gasteiger partial charge >= 0.3 is 0 Å². The van der Waals surface area contributed by atoms with Crippen LogP contribution >= 0.6 is 0 Å². The number of nitrogens with one attached hydrogen (secondary N) is 2. The summed E-state index contributed by atoms with van der Waals surface area (Å²) >= 11 is 0. The largest absolute Gasteiger partial charge is 0.459 e.